The van der Waals surface area contributed by atoms with Crippen LogP contribution in [0, 0.1) is 0 Å². The van der Waals surface area contributed by atoms with E-state index in [1.165, 1.54) is 0 Å². The third kappa shape index (κ3) is 3.07. The van der Waals surface area contributed by atoms with Gasteiger partial charge in [-0.2, -0.15) is 0 Å². The van der Waals surface area contributed by atoms with Crippen LogP contribution in [0.15, 0.2) is 12.1 Å². The highest BCUT2D eigenvalue weighted by atomic mass is 16.7. The first-order valence-electron chi connectivity index (χ1n) is 5.49. The molecule has 3 nitrogen and oxygen atoms in total. The average molecular weight is 212 g/mol. The van der Waals surface area contributed by atoms with Gasteiger partial charge in [-0.15, -0.1) is 0 Å². The molecule has 0 spiro atoms. The van der Waals surface area contributed by atoms with Crippen molar-refractivity contribution in [1.29, 1.82) is 0 Å². The van der Waals surface area contributed by atoms with Crippen molar-refractivity contribution in [2.45, 2.75) is 45.8 Å². The quantitative estimate of drug-likeness (QED) is 0.528. The molecule has 1 aliphatic heterocycles. The first-order chi connectivity index (χ1) is 6.89. The summed E-state index contributed by atoms with van der Waals surface area (Å²) in [6.45, 7) is 11.5. The Morgan fingerprint density at radius 2 is 1.67 bits per heavy atom. The fourth-order valence-electron chi connectivity index (χ4n) is 1.32. The Kier molecular flexibility index (Phi) is 3.98. The van der Waals surface area contributed by atoms with E-state index >= 15 is 0 Å². The van der Waals surface area contributed by atoms with Crippen molar-refractivity contribution in [3.05, 3.63) is 12.1 Å². The van der Waals surface area contributed by atoms with Crippen LogP contribution in [-0.2, 0) is 14.0 Å². The fourth-order valence-corrected chi connectivity index (χ4v) is 1.32. The summed E-state index contributed by atoms with van der Waals surface area (Å²) in [5.74, 6) is 1.91. The van der Waals surface area contributed by atoms with Crippen LogP contribution >= 0.6 is 0 Å². The Morgan fingerprint density at radius 3 is 2.13 bits per heavy atom. The van der Waals surface area contributed by atoms with E-state index in [9.17, 15) is 0 Å². The van der Waals surface area contributed by atoms with Crippen LogP contribution < -0.4 is 0 Å². The lowest BCUT2D eigenvalue weighted by atomic mass is 9.90. The highest BCUT2D eigenvalue weighted by Gasteiger charge is 2.49. The molecule has 0 aliphatic carbocycles. The Labute approximate surface area is 92.9 Å². The summed E-state index contributed by atoms with van der Waals surface area (Å²) in [5.41, 5.74) is -0.513. The third-order valence-electron chi connectivity index (χ3n) is 2.98. The number of ether oxygens (including phenoxy) is 1. The molecule has 0 bridgehead atoms. The molecular formula is C11H21BO3. The molecule has 86 valence electrons. The van der Waals surface area contributed by atoms with E-state index in [2.05, 4.69) is 0 Å². The van der Waals surface area contributed by atoms with E-state index in [1.54, 1.807) is 0 Å². The molecule has 0 amide bonds. The largest absolute Gasteiger partial charge is 0.486 e. The average Bonchev–Trinajstić information content (AvgIpc) is 2.30. The van der Waals surface area contributed by atoms with Gasteiger partial charge in [0.2, 0.25) is 0 Å². The molecule has 0 N–H and O–H groups in total. The van der Waals surface area contributed by atoms with Crippen molar-refractivity contribution in [3.8, 4) is 0 Å². The van der Waals surface area contributed by atoms with Crippen molar-refractivity contribution in [3.63, 3.8) is 0 Å². The maximum atomic E-state index is 5.78. The summed E-state index contributed by atoms with van der Waals surface area (Å²) in [6, 6.07) is 0. The Balaban J connectivity index is 2.45. The second kappa shape index (κ2) is 4.68. The summed E-state index contributed by atoms with van der Waals surface area (Å²) in [6.07, 6.45) is 1.94. The monoisotopic (exact) mass is 212 g/mol. The van der Waals surface area contributed by atoms with Crippen LogP contribution in [0.25, 0.3) is 0 Å². The minimum absolute atomic E-state index is 0.254. The van der Waals surface area contributed by atoms with Crippen LogP contribution in [0.1, 0.15) is 34.6 Å². The van der Waals surface area contributed by atoms with E-state index in [4.69, 9.17) is 14.0 Å². The molecule has 0 atom stereocenters. The van der Waals surface area contributed by atoms with Crippen LogP contribution in [0.5, 0.6) is 0 Å². The summed E-state index contributed by atoms with van der Waals surface area (Å²) in [5, 5.41) is 0. The molecule has 1 fully saturated rings. The highest BCUT2D eigenvalue weighted by molar-refractivity contribution is 6.51. The van der Waals surface area contributed by atoms with Gasteiger partial charge in [0.15, 0.2) is 0 Å². The zero-order valence-electron chi connectivity index (χ0n) is 10.4. The molecular weight excluding hydrogens is 191 g/mol. The molecule has 0 saturated carbocycles. The minimum Gasteiger partial charge on any atom is -0.400 e. The lowest BCUT2D eigenvalue weighted by Crippen LogP contribution is -2.41. The van der Waals surface area contributed by atoms with E-state index in [0.717, 1.165) is 6.61 Å². The van der Waals surface area contributed by atoms with Gasteiger partial charge < -0.3 is 14.0 Å². The topological polar surface area (TPSA) is 27.7 Å². The fraction of sp³-hybridized carbons (Fsp3) is 0.818. The van der Waals surface area contributed by atoms with Gasteiger partial charge in [-0.1, -0.05) is 12.1 Å². The lowest BCUT2D eigenvalue weighted by molar-refractivity contribution is 0.00578. The second-order valence-electron chi connectivity index (χ2n) is 4.71. The van der Waals surface area contributed by atoms with Gasteiger partial charge in [-0.05, 0) is 34.6 Å². The predicted molar refractivity (Wildman–Crippen MR) is 61.7 cm³/mol. The van der Waals surface area contributed by atoms with Crippen molar-refractivity contribution in [2.75, 3.05) is 13.2 Å². The maximum absolute atomic E-state index is 5.78. The number of rotatable bonds is 4. The first kappa shape index (κ1) is 12.8. The SMILES string of the molecule is CCOC/C=C/B1OC(C)(C)C(C)(C)O1. The van der Waals surface area contributed by atoms with Crippen LogP contribution in [0.4, 0.5) is 0 Å². The smallest absolute Gasteiger partial charge is 0.400 e. The zero-order valence-corrected chi connectivity index (χ0v) is 10.4. The molecule has 15 heavy (non-hydrogen) atoms. The molecule has 0 unspecified atom stereocenters. The molecule has 0 aromatic rings. The molecule has 1 heterocycles. The van der Waals surface area contributed by atoms with Gasteiger partial charge in [0, 0.05) is 6.61 Å². The van der Waals surface area contributed by atoms with Gasteiger partial charge in [0.1, 0.15) is 0 Å². The summed E-state index contributed by atoms with van der Waals surface area (Å²) in [7, 11) is -0.254. The number of hydrogen-bond donors (Lipinski definition) is 0. The summed E-state index contributed by atoms with van der Waals surface area (Å²) >= 11 is 0. The van der Waals surface area contributed by atoms with Gasteiger partial charge in [0.25, 0.3) is 0 Å². The second-order valence-corrected chi connectivity index (χ2v) is 4.71. The molecule has 4 heteroatoms. The third-order valence-corrected chi connectivity index (χ3v) is 2.98. The summed E-state index contributed by atoms with van der Waals surface area (Å²) < 4.78 is 16.8. The van der Waals surface area contributed by atoms with Gasteiger partial charge >= 0.3 is 7.12 Å². The molecule has 0 aromatic carbocycles. The van der Waals surface area contributed by atoms with E-state index < -0.39 is 0 Å². The van der Waals surface area contributed by atoms with Gasteiger partial charge in [-0.25, -0.2) is 0 Å². The van der Waals surface area contributed by atoms with Gasteiger partial charge in [-0.3, -0.25) is 0 Å². The van der Waals surface area contributed by atoms with Crippen LogP contribution in [0.2, 0.25) is 0 Å². The Hall–Kier alpha value is -0.315. The Bertz CT molecular complexity index is 220. The molecule has 0 aromatic heterocycles. The zero-order chi connectivity index (χ0) is 11.5. The predicted octanol–water partition coefficient (Wildman–Crippen LogP) is 2.21. The van der Waals surface area contributed by atoms with Crippen molar-refractivity contribution in [1.82, 2.24) is 0 Å². The minimum atomic E-state index is -0.256. The molecule has 1 saturated heterocycles. The molecule has 1 aliphatic rings. The van der Waals surface area contributed by atoms with E-state index in [-0.39, 0.29) is 18.3 Å². The van der Waals surface area contributed by atoms with Crippen molar-refractivity contribution >= 4 is 7.12 Å². The molecule has 0 radical (unpaired) electrons. The van der Waals surface area contributed by atoms with E-state index in [1.807, 2.05) is 46.7 Å². The maximum Gasteiger partial charge on any atom is 0.486 e. The van der Waals surface area contributed by atoms with Crippen molar-refractivity contribution < 1.29 is 14.0 Å². The standard InChI is InChI=1S/C11H21BO3/c1-6-13-9-7-8-12-14-10(2,3)11(4,5)15-12/h7-8H,6,9H2,1-5H3/b8-7+. The lowest BCUT2D eigenvalue weighted by Gasteiger charge is -2.32. The van der Waals surface area contributed by atoms with E-state index in [0.29, 0.717) is 6.61 Å². The molecule has 1 rings (SSSR count). The van der Waals surface area contributed by atoms with Crippen LogP contribution in [-0.4, -0.2) is 31.5 Å². The van der Waals surface area contributed by atoms with Crippen molar-refractivity contribution in [2.24, 2.45) is 0 Å². The van der Waals surface area contributed by atoms with Gasteiger partial charge in [0.05, 0.1) is 17.8 Å². The summed E-state index contributed by atoms with van der Waals surface area (Å²) in [4.78, 5) is 0. The Morgan fingerprint density at radius 1 is 1.13 bits per heavy atom. The number of hydrogen-bond acceptors (Lipinski definition) is 3. The normalized spacial score (nSPS) is 23.9. The van der Waals surface area contributed by atoms with Crippen LogP contribution in [0.3, 0.4) is 0 Å². The highest BCUT2D eigenvalue weighted by Crippen LogP contribution is 2.36. The first-order valence-corrected chi connectivity index (χ1v) is 5.49.